The predicted octanol–water partition coefficient (Wildman–Crippen LogP) is 5.43. The van der Waals surface area contributed by atoms with E-state index in [1.165, 1.54) is 44.9 Å². The summed E-state index contributed by atoms with van der Waals surface area (Å²) in [6, 6.07) is 0. The summed E-state index contributed by atoms with van der Waals surface area (Å²) >= 11 is 0. The average Bonchev–Trinajstić information content (AvgIpc) is 2.57. The summed E-state index contributed by atoms with van der Waals surface area (Å²) in [7, 11) is 0. The summed E-state index contributed by atoms with van der Waals surface area (Å²) in [5, 5.41) is 18.3. The molecule has 1 atom stereocenters. The lowest BCUT2D eigenvalue weighted by Gasteiger charge is -2.15. The van der Waals surface area contributed by atoms with Crippen LogP contribution < -0.4 is 0 Å². The minimum Gasteiger partial charge on any atom is -0.479 e. The monoisotopic (exact) mass is 354 g/mol. The Hall–Kier alpha value is -1.16. The molecule has 146 valence electrons. The summed E-state index contributed by atoms with van der Waals surface area (Å²) in [6.45, 7) is 3.29. The Morgan fingerprint density at radius 3 is 1.72 bits per heavy atom. The van der Waals surface area contributed by atoms with Crippen LogP contribution in [0.1, 0.15) is 104 Å². The number of carboxylic acids is 1. The lowest BCUT2D eigenvalue weighted by molar-refractivity contribution is -0.163. The fourth-order valence-electron chi connectivity index (χ4n) is 2.72. The summed E-state index contributed by atoms with van der Waals surface area (Å²) in [5.74, 6) is -2.07. The van der Waals surface area contributed by atoms with Crippen LogP contribution in [0.3, 0.4) is 0 Å². The van der Waals surface area contributed by atoms with Crippen molar-refractivity contribution in [3.63, 3.8) is 0 Å². The SMILES string of the molecule is CCCCCCCC/C=C\CCCCCCCC(=O)C(C)(O)C(=O)O. The average molecular weight is 355 g/mol. The maximum absolute atomic E-state index is 11.6. The van der Waals surface area contributed by atoms with Gasteiger partial charge in [0.05, 0.1) is 0 Å². The molecule has 0 bridgehead atoms. The van der Waals surface area contributed by atoms with E-state index < -0.39 is 17.4 Å². The Morgan fingerprint density at radius 2 is 1.24 bits per heavy atom. The van der Waals surface area contributed by atoms with Gasteiger partial charge in [-0.2, -0.15) is 0 Å². The summed E-state index contributed by atoms with van der Waals surface area (Å²) in [5.41, 5.74) is -2.24. The van der Waals surface area contributed by atoms with E-state index in [0.29, 0.717) is 6.42 Å². The molecule has 0 heterocycles. The third-order valence-electron chi connectivity index (χ3n) is 4.63. The fraction of sp³-hybridized carbons (Fsp3) is 0.810. The number of carboxylic acid groups (broad SMARTS) is 1. The molecule has 0 amide bonds. The molecule has 2 N–H and O–H groups in total. The van der Waals surface area contributed by atoms with Gasteiger partial charge in [-0.25, -0.2) is 4.79 Å². The first-order valence-corrected chi connectivity index (χ1v) is 10.1. The van der Waals surface area contributed by atoms with E-state index >= 15 is 0 Å². The molecule has 0 rings (SSSR count). The first-order chi connectivity index (χ1) is 11.9. The van der Waals surface area contributed by atoms with Crippen molar-refractivity contribution in [3.05, 3.63) is 12.2 Å². The number of hydrogen-bond donors (Lipinski definition) is 2. The van der Waals surface area contributed by atoms with E-state index in [9.17, 15) is 14.7 Å². The lowest BCUT2D eigenvalue weighted by Crippen LogP contribution is -2.43. The molecule has 0 saturated heterocycles. The van der Waals surface area contributed by atoms with Crippen molar-refractivity contribution >= 4 is 11.8 Å². The van der Waals surface area contributed by atoms with Gasteiger partial charge in [-0.1, -0.05) is 70.4 Å². The standard InChI is InChI=1S/C21H38O4/c1-3-4-5-6-7-8-9-10-11-12-13-14-15-16-17-18-19(22)21(2,25)20(23)24/h10-11,25H,3-9,12-18H2,1-2H3,(H,23,24)/b11-10-. The highest BCUT2D eigenvalue weighted by Crippen LogP contribution is 2.13. The van der Waals surface area contributed by atoms with Gasteiger partial charge in [0, 0.05) is 6.42 Å². The summed E-state index contributed by atoms with van der Waals surface area (Å²) in [4.78, 5) is 22.3. The minimum absolute atomic E-state index is 0.136. The van der Waals surface area contributed by atoms with E-state index in [1.807, 2.05) is 0 Å². The summed E-state index contributed by atoms with van der Waals surface area (Å²) < 4.78 is 0. The van der Waals surface area contributed by atoms with E-state index in [4.69, 9.17) is 5.11 Å². The zero-order chi connectivity index (χ0) is 19.0. The minimum atomic E-state index is -2.24. The molecule has 0 aromatic rings. The molecule has 0 aromatic carbocycles. The molecule has 0 spiro atoms. The van der Waals surface area contributed by atoms with Crippen molar-refractivity contribution < 1.29 is 19.8 Å². The quantitative estimate of drug-likeness (QED) is 0.207. The van der Waals surface area contributed by atoms with Crippen LogP contribution in [0.25, 0.3) is 0 Å². The number of aliphatic hydroxyl groups is 1. The van der Waals surface area contributed by atoms with Crippen LogP contribution in [-0.2, 0) is 9.59 Å². The van der Waals surface area contributed by atoms with Gasteiger partial charge in [0.25, 0.3) is 0 Å². The number of carbonyl (C=O) groups is 2. The Kier molecular flexibility index (Phi) is 14.4. The van der Waals surface area contributed by atoms with Crippen molar-refractivity contribution in [3.8, 4) is 0 Å². The van der Waals surface area contributed by atoms with Gasteiger partial charge in [0.2, 0.25) is 5.60 Å². The van der Waals surface area contributed by atoms with Crippen molar-refractivity contribution in [2.75, 3.05) is 0 Å². The number of Topliss-reactive ketones (excluding diaryl/α,β-unsaturated/α-hetero) is 1. The van der Waals surface area contributed by atoms with Crippen LogP contribution in [0.5, 0.6) is 0 Å². The third-order valence-corrected chi connectivity index (χ3v) is 4.63. The molecule has 4 heteroatoms. The highest BCUT2D eigenvalue weighted by Gasteiger charge is 2.37. The van der Waals surface area contributed by atoms with Gasteiger partial charge >= 0.3 is 5.97 Å². The number of carbonyl (C=O) groups excluding carboxylic acids is 1. The van der Waals surface area contributed by atoms with Crippen molar-refractivity contribution in [2.24, 2.45) is 0 Å². The molecule has 0 aliphatic heterocycles. The second-order valence-corrected chi connectivity index (χ2v) is 7.13. The normalized spacial score (nSPS) is 13.9. The lowest BCUT2D eigenvalue weighted by atomic mass is 9.96. The number of aliphatic carboxylic acids is 1. The topological polar surface area (TPSA) is 74.6 Å². The Balaban J connectivity index is 3.40. The zero-order valence-electron chi connectivity index (χ0n) is 16.3. The maximum atomic E-state index is 11.6. The zero-order valence-corrected chi connectivity index (χ0v) is 16.3. The molecule has 0 radical (unpaired) electrons. The van der Waals surface area contributed by atoms with Crippen LogP contribution >= 0.6 is 0 Å². The molecule has 0 aliphatic carbocycles. The molecule has 0 aromatic heterocycles. The van der Waals surface area contributed by atoms with Gasteiger partial charge in [-0.05, 0) is 39.0 Å². The fourth-order valence-corrected chi connectivity index (χ4v) is 2.72. The smallest absolute Gasteiger partial charge is 0.343 e. The molecule has 4 nitrogen and oxygen atoms in total. The maximum Gasteiger partial charge on any atom is 0.343 e. The van der Waals surface area contributed by atoms with E-state index in [2.05, 4.69) is 19.1 Å². The highest BCUT2D eigenvalue weighted by molar-refractivity contribution is 6.05. The van der Waals surface area contributed by atoms with E-state index in [-0.39, 0.29) is 6.42 Å². The van der Waals surface area contributed by atoms with Gasteiger partial charge < -0.3 is 10.2 Å². The second kappa shape index (κ2) is 15.1. The van der Waals surface area contributed by atoms with E-state index in [0.717, 1.165) is 39.0 Å². The molecule has 1 unspecified atom stereocenters. The van der Waals surface area contributed by atoms with Gasteiger partial charge in [-0.15, -0.1) is 0 Å². The number of ketones is 1. The van der Waals surface area contributed by atoms with Crippen LogP contribution in [0.2, 0.25) is 0 Å². The molecular weight excluding hydrogens is 316 g/mol. The molecule has 0 saturated carbocycles. The van der Waals surface area contributed by atoms with Crippen molar-refractivity contribution in [1.82, 2.24) is 0 Å². The predicted molar refractivity (Wildman–Crippen MR) is 103 cm³/mol. The highest BCUT2D eigenvalue weighted by atomic mass is 16.4. The Morgan fingerprint density at radius 1 is 0.800 bits per heavy atom. The largest absolute Gasteiger partial charge is 0.479 e. The number of unbranched alkanes of at least 4 members (excludes halogenated alkanes) is 11. The third kappa shape index (κ3) is 12.8. The Bertz CT molecular complexity index is 385. The second-order valence-electron chi connectivity index (χ2n) is 7.13. The molecular formula is C21H38O4. The summed E-state index contributed by atoms with van der Waals surface area (Å²) in [6.07, 6.45) is 20.0. The molecule has 0 aliphatic rings. The van der Waals surface area contributed by atoms with Gasteiger partial charge in [0.15, 0.2) is 5.78 Å². The van der Waals surface area contributed by atoms with E-state index in [1.54, 1.807) is 0 Å². The van der Waals surface area contributed by atoms with Crippen molar-refractivity contribution in [2.45, 2.75) is 109 Å². The number of allylic oxidation sites excluding steroid dienone is 2. The van der Waals surface area contributed by atoms with Crippen molar-refractivity contribution in [1.29, 1.82) is 0 Å². The van der Waals surface area contributed by atoms with Crippen LogP contribution in [0.4, 0.5) is 0 Å². The van der Waals surface area contributed by atoms with Gasteiger partial charge in [-0.3, -0.25) is 4.79 Å². The van der Waals surface area contributed by atoms with Gasteiger partial charge in [0.1, 0.15) is 0 Å². The number of hydrogen-bond acceptors (Lipinski definition) is 3. The van der Waals surface area contributed by atoms with Crippen LogP contribution in [0.15, 0.2) is 12.2 Å². The first-order valence-electron chi connectivity index (χ1n) is 10.1. The van der Waals surface area contributed by atoms with Crippen LogP contribution in [-0.4, -0.2) is 27.6 Å². The first kappa shape index (κ1) is 23.8. The molecule has 25 heavy (non-hydrogen) atoms. The number of rotatable bonds is 17. The van der Waals surface area contributed by atoms with Crippen LogP contribution in [0, 0.1) is 0 Å². The Labute approximate surface area is 153 Å². The molecule has 0 fully saturated rings.